The topological polar surface area (TPSA) is 26.0 Å². The van der Waals surface area contributed by atoms with Crippen LogP contribution in [0.2, 0.25) is 10.0 Å². The van der Waals surface area contributed by atoms with Gasteiger partial charge in [0.25, 0.3) is 0 Å². The van der Waals surface area contributed by atoms with Crippen molar-refractivity contribution in [2.75, 3.05) is 5.75 Å². The average Bonchev–Trinajstić information content (AvgIpc) is 2.40. The first-order chi connectivity index (χ1) is 8.66. The molecule has 2 aromatic rings. The molecule has 0 heterocycles. The molecular formula is C14H13Cl2NS. The normalized spacial score (nSPS) is 12.4. The lowest BCUT2D eigenvalue weighted by molar-refractivity contribution is 0.831. The van der Waals surface area contributed by atoms with Gasteiger partial charge in [-0.2, -0.15) is 0 Å². The Balaban J connectivity index is 1.99. The number of rotatable bonds is 4. The van der Waals surface area contributed by atoms with Gasteiger partial charge in [-0.15, -0.1) is 11.8 Å². The van der Waals surface area contributed by atoms with Crippen LogP contribution < -0.4 is 5.73 Å². The van der Waals surface area contributed by atoms with E-state index in [9.17, 15) is 0 Å². The first-order valence-corrected chi connectivity index (χ1v) is 7.29. The number of hydrogen-bond donors (Lipinski definition) is 1. The summed E-state index contributed by atoms with van der Waals surface area (Å²) in [4.78, 5) is 1.22. The summed E-state index contributed by atoms with van der Waals surface area (Å²) in [6.45, 7) is 0. The summed E-state index contributed by atoms with van der Waals surface area (Å²) in [6, 6.07) is 15.7. The second-order valence-corrected chi connectivity index (χ2v) is 5.81. The highest BCUT2D eigenvalue weighted by molar-refractivity contribution is 7.99. The number of halogens is 2. The van der Waals surface area contributed by atoms with E-state index in [0.717, 1.165) is 11.3 Å². The Morgan fingerprint density at radius 2 is 1.72 bits per heavy atom. The predicted molar refractivity (Wildman–Crippen MR) is 80.6 cm³/mol. The molecule has 1 nitrogen and oxygen atoms in total. The highest BCUT2D eigenvalue weighted by atomic mass is 35.5. The molecule has 2 aromatic carbocycles. The number of benzene rings is 2. The zero-order chi connectivity index (χ0) is 13.0. The number of nitrogens with two attached hydrogens (primary N) is 1. The fourth-order valence-electron chi connectivity index (χ4n) is 1.54. The monoisotopic (exact) mass is 297 g/mol. The van der Waals surface area contributed by atoms with Gasteiger partial charge in [0.2, 0.25) is 0 Å². The van der Waals surface area contributed by atoms with E-state index in [-0.39, 0.29) is 6.04 Å². The van der Waals surface area contributed by atoms with Crippen LogP contribution in [0.15, 0.2) is 53.4 Å². The summed E-state index contributed by atoms with van der Waals surface area (Å²) < 4.78 is 0. The zero-order valence-electron chi connectivity index (χ0n) is 9.64. The van der Waals surface area contributed by atoms with Crippen molar-refractivity contribution >= 4 is 35.0 Å². The van der Waals surface area contributed by atoms with Crippen molar-refractivity contribution in [1.29, 1.82) is 0 Å². The Hall–Kier alpha value is -0.670. The molecule has 1 unspecified atom stereocenters. The summed E-state index contributed by atoms with van der Waals surface area (Å²) in [5.74, 6) is 0.808. The summed E-state index contributed by atoms with van der Waals surface area (Å²) >= 11 is 13.6. The summed E-state index contributed by atoms with van der Waals surface area (Å²) in [6.07, 6.45) is 0. The van der Waals surface area contributed by atoms with Gasteiger partial charge in [0, 0.05) is 16.7 Å². The molecule has 2 N–H and O–H groups in total. The largest absolute Gasteiger partial charge is 0.323 e. The van der Waals surface area contributed by atoms with Crippen molar-refractivity contribution < 1.29 is 0 Å². The molecule has 1 atom stereocenters. The minimum absolute atomic E-state index is 0.0510. The average molecular weight is 298 g/mol. The van der Waals surface area contributed by atoms with E-state index in [0.29, 0.717) is 10.0 Å². The second kappa shape index (κ2) is 6.48. The molecule has 0 aliphatic carbocycles. The van der Waals surface area contributed by atoms with Gasteiger partial charge in [-0.05, 0) is 29.8 Å². The third-order valence-corrected chi connectivity index (χ3v) is 4.41. The van der Waals surface area contributed by atoms with E-state index in [2.05, 4.69) is 12.1 Å². The van der Waals surface area contributed by atoms with E-state index in [4.69, 9.17) is 28.9 Å². The Bertz CT molecular complexity index is 516. The lowest BCUT2D eigenvalue weighted by Gasteiger charge is -2.12. The Labute approximate surface area is 121 Å². The van der Waals surface area contributed by atoms with Crippen LogP contribution in [0.3, 0.4) is 0 Å². The predicted octanol–water partition coefficient (Wildman–Crippen LogP) is 4.79. The number of hydrogen-bond acceptors (Lipinski definition) is 2. The zero-order valence-corrected chi connectivity index (χ0v) is 12.0. The molecule has 0 aromatic heterocycles. The van der Waals surface area contributed by atoms with E-state index in [1.807, 2.05) is 30.3 Å². The van der Waals surface area contributed by atoms with Crippen LogP contribution >= 0.6 is 35.0 Å². The van der Waals surface area contributed by atoms with Crippen LogP contribution in [-0.2, 0) is 0 Å². The van der Waals surface area contributed by atoms with Gasteiger partial charge in [0.05, 0.1) is 10.0 Å². The van der Waals surface area contributed by atoms with Gasteiger partial charge < -0.3 is 5.73 Å². The van der Waals surface area contributed by atoms with Crippen LogP contribution in [0.5, 0.6) is 0 Å². The molecule has 2 rings (SSSR count). The molecule has 0 aliphatic rings. The van der Waals surface area contributed by atoms with Gasteiger partial charge >= 0.3 is 0 Å². The maximum atomic E-state index is 6.14. The molecule has 94 valence electrons. The third-order valence-electron chi connectivity index (χ3n) is 2.54. The maximum absolute atomic E-state index is 6.14. The fourth-order valence-corrected chi connectivity index (χ4v) is 2.76. The highest BCUT2D eigenvalue weighted by Crippen LogP contribution is 2.28. The second-order valence-electron chi connectivity index (χ2n) is 3.90. The van der Waals surface area contributed by atoms with Crippen molar-refractivity contribution in [3.8, 4) is 0 Å². The van der Waals surface area contributed by atoms with Gasteiger partial charge in [-0.3, -0.25) is 0 Å². The molecule has 0 saturated carbocycles. The molecule has 4 heteroatoms. The van der Waals surface area contributed by atoms with Gasteiger partial charge in [-0.1, -0.05) is 47.5 Å². The smallest absolute Gasteiger partial charge is 0.0595 e. The molecule has 0 spiro atoms. The Morgan fingerprint density at radius 3 is 2.39 bits per heavy atom. The number of thioether (sulfide) groups is 1. The summed E-state index contributed by atoms with van der Waals surface area (Å²) in [5.41, 5.74) is 7.15. The first kappa shape index (κ1) is 13.8. The van der Waals surface area contributed by atoms with Crippen molar-refractivity contribution in [3.63, 3.8) is 0 Å². The lowest BCUT2D eigenvalue weighted by Crippen LogP contribution is -2.12. The molecule has 0 radical (unpaired) electrons. The minimum Gasteiger partial charge on any atom is -0.323 e. The first-order valence-electron chi connectivity index (χ1n) is 5.55. The quantitative estimate of drug-likeness (QED) is 0.822. The van der Waals surface area contributed by atoms with E-state index in [1.54, 1.807) is 17.8 Å². The highest BCUT2D eigenvalue weighted by Gasteiger charge is 2.08. The van der Waals surface area contributed by atoms with Crippen molar-refractivity contribution in [2.24, 2.45) is 5.73 Å². The van der Waals surface area contributed by atoms with E-state index >= 15 is 0 Å². The van der Waals surface area contributed by atoms with Crippen molar-refractivity contribution in [3.05, 3.63) is 64.1 Å². The third kappa shape index (κ3) is 3.66. The van der Waals surface area contributed by atoms with Crippen LogP contribution in [0.4, 0.5) is 0 Å². The Kier molecular flexibility index (Phi) is 4.95. The standard InChI is InChI=1S/C14H13Cl2NS/c15-12-7-6-10(8-13(12)16)14(17)9-18-11-4-2-1-3-5-11/h1-8,14H,9,17H2. The maximum Gasteiger partial charge on any atom is 0.0595 e. The van der Waals surface area contributed by atoms with Crippen LogP contribution in [0.1, 0.15) is 11.6 Å². The van der Waals surface area contributed by atoms with Crippen LogP contribution in [0, 0.1) is 0 Å². The van der Waals surface area contributed by atoms with Gasteiger partial charge in [0.15, 0.2) is 0 Å². The van der Waals surface area contributed by atoms with Crippen LogP contribution in [0.25, 0.3) is 0 Å². The molecular weight excluding hydrogens is 285 g/mol. The SMILES string of the molecule is NC(CSc1ccccc1)c1ccc(Cl)c(Cl)c1. The molecule has 18 heavy (non-hydrogen) atoms. The minimum atomic E-state index is -0.0510. The van der Waals surface area contributed by atoms with Crippen LogP contribution in [-0.4, -0.2) is 5.75 Å². The van der Waals surface area contributed by atoms with Gasteiger partial charge in [-0.25, -0.2) is 0 Å². The molecule has 0 amide bonds. The molecule has 0 saturated heterocycles. The summed E-state index contributed by atoms with van der Waals surface area (Å²) in [5, 5.41) is 1.11. The summed E-state index contributed by atoms with van der Waals surface area (Å²) in [7, 11) is 0. The van der Waals surface area contributed by atoms with Crippen molar-refractivity contribution in [1.82, 2.24) is 0 Å². The molecule has 0 bridgehead atoms. The molecule has 0 fully saturated rings. The van der Waals surface area contributed by atoms with E-state index < -0.39 is 0 Å². The van der Waals surface area contributed by atoms with Gasteiger partial charge in [0.1, 0.15) is 0 Å². The van der Waals surface area contributed by atoms with E-state index in [1.165, 1.54) is 4.90 Å². The lowest BCUT2D eigenvalue weighted by atomic mass is 10.1. The molecule has 0 aliphatic heterocycles. The fraction of sp³-hybridized carbons (Fsp3) is 0.143. The Morgan fingerprint density at radius 1 is 1.00 bits per heavy atom. The van der Waals surface area contributed by atoms with Crippen molar-refractivity contribution in [2.45, 2.75) is 10.9 Å².